The molecular weight excluding hydrogens is 194 g/mol. The molecule has 0 saturated heterocycles. The number of hydrogen-bond acceptors (Lipinski definition) is 0. The molecule has 0 aliphatic carbocycles. The van der Waals surface area contributed by atoms with Crippen molar-refractivity contribution in [2.45, 2.75) is 0 Å². The second-order valence-electron chi connectivity index (χ2n) is 0. The molecule has 0 fully saturated rings. The summed E-state index contributed by atoms with van der Waals surface area (Å²) in [6, 6.07) is 0. The van der Waals surface area contributed by atoms with Crippen molar-refractivity contribution in [3.8, 4) is 0 Å². The summed E-state index contributed by atoms with van der Waals surface area (Å²) >= 11 is 0. The van der Waals surface area contributed by atoms with Gasteiger partial charge < -0.3 is 0 Å². The van der Waals surface area contributed by atoms with E-state index in [4.69, 9.17) is 0 Å². The Kier molecular flexibility index (Phi) is 141. The Hall–Kier alpha value is 2.49. The normalized spacial score (nSPS) is 0. The number of rotatable bonds is 0. The molecular formula is CuMgNiTi. The van der Waals surface area contributed by atoms with Crippen LogP contribution in [-0.2, 0) is 55.3 Å². The first kappa shape index (κ1) is 31.5. The summed E-state index contributed by atoms with van der Waals surface area (Å²) in [5, 5.41) is 0. The third kappa shape index (κ3) is 8.82. The van der Waals surface area contributed by atoms with Crippen molar-refractivity contribution in [3.05, 3.63) is 0 Å². The van der Waals surface area contributed by atoms with Crippen molar-refractivity contribution in [2.24, 2.45) is 0 Å². The van der Waals surface area contributed by atoms with Gasteiger partial charge in [0.05, 0.1) is 0 Å². The summed E-state index contributed by atoms with van der Waals surface area (Å²) in [5.74, 6) is 0. The summed E-state index contributed by atoms with van der Waals surface area (Å²) in [6.07, 6.45) is 0. The molecule has 0 rings (SSSR count). The van der Waals surface area contributed by atoms with Crippen molar-refractivity contribution >= 4 is 23.1 Å². The number of hydrogen-bond donors (Lipinski definition) is 0. The van der Waals surface area contributed by atoms with Gasteiger partial charge in [0, 0.05) is 78.3 Å². The molecule has 4 heavy (non-hydrogen) atoms. The molecule has 27 valence electrons. The molecule has 0 aromatic rings. The molecule has 0 spiro atoms. The third-order valence-corrected chi connectivity index (χ3v) is 0. The van der Waals surface area contributed by atoms with Crippen LogP contribution in [0.2, 0.25) is 0 Å². The minimum Gasteiger partial charge on any atom is 0 e. The molecule has 0 saturated carbocycles. The van der Waals surface area contributed by atoms with Gasteiger partial charge in [0.2, 0.25) is 0 Å². The van der Waals surface area contributed by atoms with Gasteiger partial charge in [-0.1, -0.05) is 0 Å². The zero-order chi connectivity index (χ0) is 0. The van der Waals surface area contributed by atoms with Crippen LogP contribution in [0.25, 0.3) is 0 Å². The minimum atomic E-state index is 0. The van der Waals surface area contributed by atoms with E-state index in [0.29, 0.717) is 0 Å². The maximum atomic E-state index is 0. The SMILES string of the molecule is [Cu].[Mg].[Ni].[Ti]. The summed E-state index contributed by atoms with van der Waals surface area (Å²) in [4.78, 5) is 0. The first-order valence-corrected chi connectivity index (χ1v) is 0. The molecule has 0 unspecified atom stereocenters. The van der Waals surface area contributed by atoms with E-state index in [2.05, 4.69) is 0 Å². The van der Waals surface area contributed by atoms with Gasteiger partial charge in [-0.2, -0.15) is 0 Å². The largest absolute Gasteiger partial charge is 0 e. The predicted molar refractivity (Wildman–Crippen MR) is 5.75 cm³/mol. The van der Waals surface area contributed by atoms with Crippen LogP contribution < -0.4 is 0 Å². The van der Waals surface area contributed by atoms with Crippen LogP contribution in [-0.4, -0.2) is 23.1 Å². The van der Waals surface area contributed by atoms with Crippen LogP contribution in [0, 0.1) is 0 Å². The van der Waals surface area contributed by atoms with Gasteiger partial charge in [-0.05, 0) is 0 Å². The van der Waals surface area contributed by atoms with Crippen LogP contribution in [0.5, 0.6) is 0 Å². The van der Waals surface area contributed by atoms with E-state index in [1.54, 1.807) is 0 Å². The molecule has 0 aliphatic rings. The van der Waals surface area contributed by atoms with Gasteiger partial charge in [0.1, 0.15) is 0 Å². The second kappa shape index (κ2) is 17.8. The Labute approximate surface area is 77.3 Å². The van der Waals surface area contributed by atoms with Crippen LogP contribution in [0.1, 0.15) is 0 Å². The average Bonchev–Trinajstić information content (AvgIpc) is 0. The molecule has 0 aromatic carbocycles. The Bertz CT molecular complexity index is 8.00. The van der Waals surface area contributed by atoms with Crippen molar-refractivity contribution in [2.75, 3.05) is 0 Å². The van der Waals surface area contributed by atoms with E-state index in [0.717, 1.165) is 0 Å². The van der Waals surface area contributed by atoms with E-state index in [1.807, 2.05) is 0 Å². The van der Waals surface area contributed by atoms with Crippen molar-refractivity contribution in [1.29, 1.82) is 0 Å². The summed E-state index contributed by atoms with van der Waals surface area (Å²) in [6.45, 7) is 0. The van der Waals surface area contributed by atoms with Crippen LogP contribution in [0.4, 0.5) is 0 Å². The summed E-state index contributed by atoms with van der Waals surface area (Å²) in [5.41, 5.74) is 0. The van der Waals surface area contributed by atoms with E-state index < -0.39 is 0 Å². The zero-order valence-electron chi connectivity index (χ0n) is 1.82. The Balaban J connectivity index is 0. The van der Waals surface area contributed by atoms with E-state index in [9.17, 15) is 0 Å². The smallest absolute Gasteiger partial charge is 0 e. The fourth-order valence-corrected chi connectivity index (χ4v) is 0. The molecule has 0 amide bonds. The Morgan fingerprint density at radius 3 is 1.00 bits per heavy atom. The first-order chi connectivity index (χ1) is 0. The molecule has 0 heterocycles. The van der Waals surface area contributed by atoms with E-state index in [-0.39, 0.29) is 78.3 Å². The zero-order valence-corrected chi connectivity index (χ0v) is 6.73. The molecule has 0 aromatic heterocycles. The van der Waals surface area contributed by atoms with E-state index >= 15 is 0 Å². The minimum absolute atomic E-state index is 0. The van der Waals surface area contributed by atoms with Crippen molar-refractivity contribution in [1.82, 2.24) is 0 Å². The van der Waals surface area contributed by atoms with Gasteiger partial charge in [-0.25, -0.2) is 0 Å². The average molecular weight is 194 g/mol. The fourth-order valence-electron chi connectivity index (χ4n) is 0. The summed E-state index contributed by atoms with van der Waals surface area (Å²) in [7, 11) is 0. The van der Waals surface area contributed by atoms with Gasteiger partial charge in [-0.15, -0.1) is 0 Å². The van der Waals surface area contributed by atoms with Crippen LogP contribution in [0.3, 0.4) is 0 Å². The molecule has 0 atom stereocenters. The van der Waals surface area contributed by atoms with Crippen molar-refractivity contribution < 1.29 is 55.3 Å². The first-order valence-electron chi connectivity index (χ1n) is 0. The maximum Gasteiger partial charge on any atom is 0 e. The van der Waals surface area contributed by atoms with Gasteiger partial charge >= 0.3 is 0 Å². The predicted octanol–water partition coefficient (Wildman–Crippen LogP) is -0.388. The fraction of sp³-hybridized carbons (Fsp3) is 0. The summed E-state index contributed by atoms with van der Waals surface area (Å²) < 4.78 is 0. The second-order valence-corrected chi connectivity index (χ2v) is 0. The topological polar surface area (TPSA) is 0 Å². The Morgan fingerprint density at radius 1 is 1.00 bits per heavy atom. The molecule has 0 N–H and O–H groups in total. The third-order valence-electron chi connectivity index (χ3n) is 0. The molecule has 0 nitrogen and oxygen atoms in total. The molecule has 0 aliphatic heterocycles. The Morgan fingerprint density at radius 2 is 1.00 bits per heavy atom. The van der Waals surface area contributed by atoms with Gasteiger partial charge in [-0.3, -0.25) is 0 Å². The molecule has 0 bridgehead atoms. The van der Waals surface area contributed by atoms with Gasteiger partial charge in [0.15, 0.2) is 0 Å². The molecule has 3 radical (unpaired) electrons. The van der Waals surface area contributed by atoms with Crippen molar-refractivity contribution in [3.63, 3.8) is 0 Å². The van der Waals surface area contributed by atoms with Crippen LogP contribution >= 0.6 is 0 Å². The van der Waals surface area contributed by atoms with Gasteiger partial charge in [0.25, 0.3) is 0 Å². The standard InChI is InChI=1S/Cu.Mg.Ni.Ti. The maximum absolute atomic E-state index is 0. The molecule has 4 heteroatoms. The quantitative estimate of drug-likeness (QED) is 0.461. The monoisotopic (exact) mass is 193 g/mol. The van der Waals surface area contributed by atoms with E-state index in [1.165, 1.54) is 0 Å². The van der Waals surface area contributed by atoms with Crippen LogP contribution in [0.15, 0.2) is 0 Å².